The van der Waals surface area contributed by atoms with E-state index in [0.717, 1.165) is 22.0 Å². The van der Waals surface area contributed by atoms with Crippen LogP contribution in [0, 0.1) is 0 Å². The van der Waals surface area contributed by atoms with Crippen molar-refractivity contribution in [2.45, 2.75) is 19.4 Å². The molecule has 1 aliphatic rings. The summed E-state index contributed by atoms with van der Waals surface area (Å²) in [5, 5.41) is 3.68. The first-order valence-corrected chi connectivity index (χ1v) is 9.58. The molecule has 0 aliphatic carbocycles. The van der Waals surface area contributed by atoms with Gasteiger partial charge in [-0.15, -0.1) is 0 Å². The third-order valence-electron chi connectivity index (χ3n) is 4.81. The van der Waals surface area contributed by atoms with Crippen molar-refractivity contribution in [1.82, 2.24) is 4.57 Å². The number of carbonyl (C=O) groups is 1. The number of rotatable bonds is 3. The number of nitrogens with one attached hydrogen (secondary N) is 1. The number of hydrogen-bond acceptors (Lipinski definition) is 3. The lowest BCUT2D eigenvalue weighted by Gasteiger charge is -2.13. The summed E-state index contributed by atoms with van der Waals surface area (Å²) in [7, 11) is 1.52. The van der Waals surface area contributed by atoms with Crippen LogP contribution in [0.5, 0.6) is 5.75 Å². The minimum Gasteiger partial charge on any atom is -0.495 e. The zero-order valence-electron chi connectivity index (χ0n) is 14.7. The van der Waals surface area contributed by atoms with Crippen LogP contribution in [-0.4, -0.2) is 17.6 Å². The Morgan fingerprint density at radius 1 is 1.33 bits per heavy atom. The van der Waals surface area contributed by atoms with E-state index in [9.17, 15) is 9.59 Å². The fourth-order valence-corrected chi connectivity index (χ4v) is 4.33. The van der Waals surface area contributed by atoms with Crippen LogP contribution in [0.2, 0.25) is 5.02 Å². The number of anilines is 1. The monoisotopic (exact) mass is 446 g/mol. The number of halogens is 2. The van der Waals surface area contributed by atoms with Gasteiger partial charge in [0.1, 0.15) is 11.3 Å². The van der Waals surface area contributed by atoms with Crippen LogP contribution >= 0.6 is 27.5 Å². The number of nitrogens with zero attached hydrogens (tertiary/aromatic N) is 1. The molecular formula is C20H16BrClN2O3. The van der Waals surface area contributed by atoms with Crippen molar-refractivity contribution in [3.05, 3.63) is 67.4 Å². The van der Waals surface area contributed by atoms with Crippen LogP contribution in [-0.2, 0) is 6.42 Å². The van der Waals surface area contributed by atoms with Crippen LogP contribution in [0.25, 0.3) is 10.9 Å². The third kappa shape index (κ3) is 3.03. The number of benzene rings is 2. The molecule has 0 saturated carbocycles. The fourth-order valence-electron chi connectivity index (χ4n) is 3.57. The summed E-state index contributed by atoms with van der Waals surface area (Å²) in [5.74, 6) is 0.0485. The maximum Gasteiger partial charge on any atom is 0.261 e. The highest BCUT2D eigenvalue weighted by atomic mass is 79.9. The Morgan fingerprint density at radius 3 is 2.81 bits per heavy atom. The third-order valence-corrected chi connectivity index (χ3v) is 5.57. The molecule has 4 rings (SSSR count). The van der Waals surface area contributed by atoms with Gasteiger partial charge in [0.2, 0.25) is 5.43 Å². The predicted molar refractivity (Wildman–Crippen MR) is 110 cm³/mol. The van der Waals surface area contributed by atoms with Gasteiger partial charge in [-0.25, -0.2) is 0 Å². The lowest BCUT2D eigenvalue weighted by molar-refractivity contribution is 0.102. The average Bonchev–Trinajstić information content (AvgIpc) is 2.93. The van der Waals surface area contributed by atoms with Gasteiger partial charge in [-0.2, -0.15) is 0 Å². The smallest absolute Gasteiger partial charge is 0.261 e. The number of amides is 1. The van der Waals surface area contributed by atoms with Crippen molar-refractivity contribution in [1.29, 1.82) is 0 Å². The molecule has 1 amide bonds. The molecule has 5 nitrogen and oxygen atoms in total. The molecule has 0 bridgehead atoms. The Kier molecular flexibility index (Phi) is 4.48. The Balaban J connectivity index is 1.79. The molecule has 0 saturated heterocycles. The first kappa shape index (κ1) is 18.1. The standard InChI is InChI=1S/C20H16BrClN2O3/c1-10-5-11-6-12(21)7-14-18(11)24(10)9-15(19(14)25)20(26)23-13-3-4-17(27-2)16(22)8-13/h3-4,6-10H,5H2,1-2H3,(H,23,26). The highest BCUT2D eigenvalue weighted by Gasteiger charge is 2.25. The summed E-state index contributed by atoms with van der Waals surface area (Å²) in [6.07, 6.45) is 2.48. The van der Waals surface area contributed by atoms with E-state index >= 15 is 0 Å². The molecule has 1 N–H and O–H groups in total. The van der Waals surface area contributed by atoms with Gasteiger partial charge in [0, 0.05) is 27.8 Å². The second-order valence-electron chi connectivity index (χ2n) is 6.60. The number of pyridine rings is 1. The van der Waals surface area contributed by atoms with E-state index in [4.69, 9.17) is 16.3 Å². The molecule has 27 heavy (non-hydrogen) atoms. The quantitative estimate of drug-likeness (QED) is 0.628. The molecule has 1 aliphatic heterocycles. The van der Waals surface area contributed by atoms with E-state index in [0.29, 0.717) is 21.8 Å². The number of carbonyl (C=O) groups excluding carboxylic acids is 1. The second-order valence-corrected chi connectivity index (χ2v) is 7.92. The van der Waals surface area contributed by atoms with Gasteiger partial charge in [-0.05, 0) is 49.2 Å². The van der Waals surface area contributed by atoms with E-state index in [1.54, 1.807) is 30.5 Å². The van der Waals surface area contributed by atoms with Crippen molar-refractivity contribution in [3.8, 4) is 5.75 Å². The number of ether oxygens (including phenoxy) is 1. The summed E-state index contributed by atoms with van der Waals surface area (Å²) < 4.78 is 7.96. The molecule has 2 heterocycles. The van der Waals surface area contributed by atoms with Gasteiger partial charge in [0.25, 0.3) is 5.91 Å². The molecule has 0 fully saturated rings. The van der Waals surface area contributed by atoms with Crippen LogP contribution in [0.4, 0.5) is 5.69 Å². The van der Waals surface area contributed by atoms with Gasteiger partial charge < -0.3 is 14.6 Å². The Labute approximate surface area is 169 Å². The van der Waals surface area contributed by atoms with Crippen molar-refractivity contribution >= 4 is 50.0 Å². The van der Waals surface area contributed by atoms with Gasteiger partial charge in [-0.3, -0.25) is 9.59 Å². The van der Waals surface area contributed by atoms with Crippen LogP contribution < -0.4 is 15.5 Å². The minimum absolute atomic E-state index is 0.104. The summed E-state index contributed by atoms with van der Waals surface area (Å²) >= 11 is 9.58. The topological polar surface area (TPSA) is 60.3 Å². The Hall–Kier alpha value is -2.31. The highest BCUT2D eigenvalue weighted by molar-refractivity contribution is 9.10. The Morgan fingerprint density at radius 2 is 2.11 bits per heavy atom. The fraction of sp³-hybridized carbons (Fsp3) is 0.200. The number of aromatic nitrogens is 1. The maximum absolute atomic E-state index is 13.0. The lowest BCUT2D eigenvalue weighted by Crippen LogP contribution is -2.23. The van der Waals surface area contributed by atoms with Gasteiger partial charge >= 0.3 is 0 Å². The van der Waals surface area contributed by atoms with Crippen LogP contribution in [0.15, 0.2) is 45.8 Å². The van der Waals surface area contributed by atoms with E-state index in [-0.39, 0.29) is 17.0 Å². The predicted octanol–water partition coefficient (Wildman–Crippen LogP) is 4.80. The first-order valence-electron chi connectivity index (χ1n) is 8.41. The first-order chi connectivity index (χ1) is 12.9. The molecule has 1 aromatic heterocycles. The molecule has 138 valence electrons. The van der Waals surface area contributed by atoms with E-state index in [1.165, 1.54) is 7.11 Å². The van der Waals surface area contributed by atoms with Crippen LogP contribution in [0.3, 0.4) is 0 Å². The molecule has 1 atom stereocenters. The lowest BCUT2D eigenvalue weighted by atomic mass is 10.1. The molecule has 0 spiro atoms. The highest BCUT2D eigenvalue weighted by Crippen LogP contribution is 2.34. The number of methoxy groups -OCH3 is 1. The van der Waals surface area contributed by atoms with Crippen LogP contribution in [0.1, 0.15) is 28.9 Å². The van der Waals surface area contributed by atoms with Crippen molar-refractivity contribution in [2.24, 2.45) is 0 Å². The zero-order valence-corrected chi connectivity index (χ0v) is 17.0. The summed E-state index contributed by atoms with van der Waals surface area (Å²) in [6, 6.07) is 8.91. The summed E-state index contributed by atoms with van der Waals surface area (Å²) in [6.45, 7) is 2.07. The average molecular weight is 448 g/mol. The second kappa shape index (κ2) is 6.69. The van der Waals surface area contributed by atoms with E-state index < -0.39 is 5.91 Å². The summed E-state index contributed by atoms with van der Waals surface area (Å²) in [4.78, 5) is 25.8. The maximum atomic E-state index is 13.0. The van der Waals surface area contributed by atoms with E-state index in [1.807, 2.05) is 10.6 Å². The molecule has 2 aromatic carbocycles. The van der Waals surface area contributed by atoms with E-state index in [2.05, 4.69) is 28.2 Å². The van der Waals surface area contributed by atoms with Gasteiger partial charge in [0.15, 0.2) is 0 Å². The minimum atomic E-state index is -0.465. The summed E-state index contributed by atoms with van der Waals surface area (Å²) in [5.41, 5.74) is 2.33. The molecular weight excluding hydrogens is 432 g/mol. The molecule has 7 heteroatoms. The SMILES string of the molecule is COc1ccc(NC(=O)c2cn3c4c(cc(Br)cc4c2=O)CC3C)cc1Cl. The number of hydrogen-bond donors (Lipinski definition) is 1. The normalized spacial score (nSPS) is 15.2. The van der Waals surface area contributed by atoms with Gasteiger partial charge in [0.05, 0.1) is 17.6 Å². The molecule has 0 radical (unpaired) electrons. The molecule has 3 aromatic rings. The van der Waals surface area contributed by atoms with Crippen molar-refractivity contribution in [2.75, 3.05) is 12.4 Å². The zero-order chi connectivity index (χ0) is 19.3. The largest absolute Gasteiger partial charge is 0.495 e. The van der Waals surface area contributed by atoms with Crippen molar-refractivity contribution in [3.63, 3.8) is 0 Å². The molecule has 1 unspecified atom stereocenters. The van der Waals surface area contributed by atoms with Gasteiger partial charge in [-0.1, -0.05) is 27.5 Å². The van der Waals surface area contributed by atoms with Crippen molar-refractivity contribution < 1.29 is 9.53 Å². The Bertz CT molecular complexity index is 1160.